The zero-order valence-corrected chi connectivity index (χ0v) is 10.5. The van der Waals surface area contributed by atoms with Crippen molar-refractivity contribution in [1.29, 1.82) is 0 Å². The van der Waals surface area contributed by atoms with Gasteiger partial charge in [0.1, 0.15) is 5.82 Å². The molecule has 0 atom stereocenters. The highest BCUT2D eigenvalue weighted by molar-refractivity contribution is 5.80. The Kier molecular flexibility index (Phi) is 2.95. The second kappa shape index (κ2) is 4.77. The maximum atomic E-state index is 13.1. The van der Waals surface area contributed by atoms with E-state index < -0.39 is 4.92 Å². The molecule has 100 valence electrons. The number of nitro groups is 1. The Bertz CT molecular complexity index is 795. The Morgan fingerprint density at radius 1 is 1.15 bits per heavy atom. The number of nitrogens with zero attached hydrogens (tertiary/aromatic N) is 2. The molecule has 0 aliphatic rings. The average molecular weight is 270 g/mol. The standard InChI is InChI=1S/C15H11FN2O2/c16-13-4-5-15-12(9-13)6-7-17(15)10-11-2-1-3-14(8-11)18(19)20/h1-9H,10H2. The van der Waals surface area contributed by atoms with Crippen molar-refractivity contribution < 1.29 is 9.31 Å². The number of fused-ring (bicyclic) bond motifs is 1. The number of rotatable bonds is 3. The Balaban J connectivity index is 1.97. The van der Waals surface area contributed by atoms with Gasteiger partial charge in [0.2, 0.25) is 0 Å². The quantitative estimate of drug-likeness (QED) is 0.537. The largest absolute Gasteiger partial charge is 0.343 e. The third kappa shape index (κ3) is 2.25. The Morgan fingerprint density at radius 3 is 2.80 bits per heavy atom. The highest BCUT2D eigenvalue weighted by Crippen LogP contribution is 2.20. The predicted molar refractivity (Wildman–Crippen MR) is 74.1 cm³/mol. The summed E-state index contributed by atoms with van der Waals surface area (Å²) >= 11 is 0. The van der Waals surface area contributed by atoms with Gasteiger partial charge in [-0.1, -0.05) is 12.1 Å². The average Bonchev–Trinajstić information content (AvgIpc) is 2.81. The number of hydrogen-bond acceptors (Lipinski definition) is 2. The van der Waals surface area contributed by atoms with E-state index in [2.05, 4.69) is 0 Å². The molecule has 0 N–H and O–H groups in total. The minimum atomic E-state index is -0.410. The Hall–Kier alpha value is -2.69. The second-order valence-corrected chi connectivity index (χ2v) is 4.57. The summed E-state index contributed by atoms with van der Waals surface area (Å²) < 4.78 is 15.1. The first-order valence-electron chi connectivity index (χ1n) is 6.11. The predicted octanol–water partition coefficient (Wildman–Crippen LogP) is 3.74. The first kappa shape index (κ1) is 12.3. The molecule has 20 heavy (non-hydrogen) atoms. The van der Waals surface area contributed by atoms with E-state index in [-0.39, 0.29) is 11.5 Å². The van der Waals surface area contributed by atoms with E-state index in [1.807, 2.05) is 22.9 Å². The van der Waals surface area contributed by atoms with Crippen LogP contribution in [-0.4, -0.2) is 9.49 Å². The highest BCUT2D eigenvalue weighted by Gasteiger charge is 2.07. The summed E-state index contributed by atoms with van der Waals surface area (Å²) in [5, 5.41) is 11.6. The fraction of sp³-hybridized carbons (Fsp3) is 0.0667. The minimum absolute atomic E-state index is 0.0741. The number of nitro benzene ring substituents is 1. The third-order valence-electron chi connectivity index (χ3n) is 3.21. The fourth-order valence-electron chi connectivity index (χ4n) is 2.27. The van der Waals surface area contributed by atoms with Crippen LogP contribution < -0.4 is 0 Å². The monoisotopic (exact) mass is 270 g/mol. The van der Waals surface area contributed by atoms with Crippen LogP contribution in [0.4, 0.5) is 10.1 Å². The van der Waals surface area contributed by atoms with E-state index in [1.165, 1.54) is 18.2 Å². The van der Waals surface area contributed by atoms with Gasteiger partial charge in [0.25, 0.3) is 5.69 Å². The van der Waals surface area contributed by atoms with Crippen molar-refractivity contribution in [3.8, 4) is 0 Å². The molecular formula is C15H11FN2O2. The summed E-state index contributed by atoms with van der Waals surface area (Å²) in [6.07, 6.45) is 1.85. The van der Waals surface area contributed by atoms with Gasteiger partial charge >= 0.3 is 0 Å². The van der Waals surface area contributed by atoms with Gasteiger partial charge in [-0.3, -0.25) is 10.1 Å². The van der Waals surface area contributed by atoms with Gasteiger partial charge in [-0.05, 0) is 29.8 Å². The number of hydrogen-bond donors (Lipinski definition) is 0. The molecule has 0 saturated carbocycles. The van der Waals surface area contributed by atoms with Gasteiger partial charge in [0.05, 0.1) is 4.92 Å². The smallest absolute Gasteiger partial charge is 0.269 e. The van der Waals surface area contributed by atoms with E-state index in [1.54, 1.807) is 18.2 Å². The first-order chi connectivity index (χ1) is 9.63. The summed E-state index contributed by atoms with van der Waals surface area (Å²) in [6, 6.07) is 12.9. The molecule has 1 aromatic heterocycles. The normalized spacial score (nSPS) is 10.8. The molecular weight excluding hydrogens is 259 g/mol. The molecule has 0 unspecified atom stereocenters. The molecule has 0 amide bonds. The third-order valence-corrected chi connectivity index (χ3v) is 3.21. The first-order valence-corrected chi connectivity index (χ1v) is 6.11. The van der Waals surface area contributed by atoms with Crippen molar-refractivity contribution in [2.45, 2.75) is 6.54 Å². The van der Waals surface area contributed by atoms with Crippen LogP contribution in [-0.2, 0) is 6.54 Å². The molecule has 0 radical (unpaired) electrons. The molecule has 0 saturated heterocycles. The zero-order chi connectivity index (χ0) is 14.1. The van der Waals surface area contributed by atoms with Crippen LogP contribution in [0.5, 0.6) is 0 Å². The lowest BCUT2D eigenvalue weighted by molar-refractivity contribution is -0.384. The summed E-state index contributed by atoms with van der Waals surface area (Å²) in [5.74, 6) is -0.273. The topological polar surface area (TPSA) is 48.1 Å². The van der Waals surface area contributed by atoms with Crippen LogP contribution >= 0.6 is 0 Å². The van der Waals surface area contributed by atoms with Crippen LogP contribution in [0, 0.1) is 15.9 Å². The van der Waals surface area contributed by atoms with Crippen LogP contribution in [0.2, 0.25) is 0 Å². The van der Waals surface area contributed by atoms with Crippen LogP contribution in [0.15, 0.2) is 54.7 Å². The Morgan fingerprint density at radius 2 is 2.00 bits per heavy atom. The number of non-ortho nitro benzene ring substituents is 1. The summed E-state index contributed by atoms with van der Waals surface area (Å²) in [6.45, 7) is 0.511. The van der Waals surface area contributed by atoms with Crippen molar-refractivity contribution >= 4 is 16.6 Å². The maximum absolute atomic E-state index is 13.1. The van der Waals surface area contributed by atoms with Gasteiger partial charge in [-0.2, -0.15) is 0 Å². The van der Waals surface area contributed by atoms with Crippen molar-refractivity contribution in [3.63, 3.8) is 0 Å². The molecule has 0 aliphatic carbocycles. The maximum Gasteiger partial charge on any atom is 0.269 e. The lowest BCUT2D eigenvalue weighted by Gasteiger charge is -2.05. The SMILES string of the molecule is O=[N+]([O-])c1cccc(Cn2ccc3cc(F)ccc32)c1. The van der Waals surface area contributed by atoms with Gasteiger partial charge in [-0.25, -0.2) is 4.39 Å². The van der Waals surface area contributed by atoms with Crippen molar-refractivity contribution in [2.75, 3.05) is 0 Å². The Labute approximate surface area is 114 Å². The fourth-order valence-corrected chi connectivity index (χ4v) is 2.27. The van der Waals surface area contributed by atoms with Crippen molar-refractivity contribution in [2.24, 2.45) is 0 Å². The van der Waals surface area contributed by atoms with Gasteiger partial charge in [0.15, 0.2) is 0 Å². The molecule has 5 heteroatoms. The zero-order valence-electron chi connectivity index (χ0n) is 10.5. The molecule has 3 rings (SSSR count). The van der Waals surface area contributed by atoms with Gasteiger partial charge < -0.3 is 4.57 Å². The number of benzene rings is 2. The van der Waals surface area contributed by atoms with Crippen LogP contribution in [0.3, 0.4) is 0 Å². The van der Waals surface area contributed by atoms with E-state index in [0.29, 0.717) is 6.54 Å². The second-order valence-electron chi connectivity index (χ2n) is 4.57. The molecule has 2 aromatic carbocycles. The van der Waals surface area contributed by atoms with E-state index in [0.717, 1.165) is 16.5 Å². The molecule has 0 fully saturated rings. The molecule has 0 spiro atoms. The molecule has 3 aromatic rings. The number of aromatic nitrogens is 1. The van der Waals surface area contributed by atoms with E-state index >= 15 is 0 Å². The molecule has 1 heterocycles. The summed E-state index contributed by atoms with van der Waals surface area (Å²) in [7, 11) is 0. The van der Waals surface area contributed by atoms with Crippen LogP contribution in [0.1, 0.15) is 5.56 Å². The van der Waals surface area contributed by atoms with E-state index in [9.17, 15) is 14.5 Å². The molecule has 0 bridgehead atoms. The van der Waals surface area contributed by atoms with Crippen molar-refractivity contribution in [3.05, 3.63) is 76.2 Å². The number of halogens is 1. The summed E-state index contributed by atoms with van der Waals surface area (Å²) in [4.78, 5) is 10.4. The van der Waals surface area contributed by atoms with Gasteiger partial charge in [-0.15, -0.1) is 0 Å². The minimum Gasteiger partial charge on any atom is -0.343 e. The van der Waals surface area contributed by atoms with Crippen LogP contribution in [0.25, 0.3) is 10.9 Å². The molecule has 0 aliphatic heterocycles. The molecule has 4 nitrogen and oxygen atoms in total. The van der Waals surface area contributed by atoms with Crippen molar-refractivity contribution in [1.82, 2.24) is 4.57 Å². The lowest BCUT2D eigenvalue weighted by atomic mass is 10.2. The van der Waals surface area contributed by atoms with Gasteiger partial charge in [0, 0.05) is 35.8 Å². The highest BCUT2D eigenvalue weighted by atomic mass is 19.1. The summed E-state index contributed by atoms with van der Waals surface area (Å²) in [5.41, 5.74) is 1.81. The lowest BCUT2D eigenvalue weighted by Crippen LogP contribution is -1.98. The van der Waals surface area contributed by atoms with E-state index in [4.69, 9.17) is 0 Å².